The zero-order valence-electron chi connectivity index (χ0n) is 12.9. The van der Waals surface area contributed by atoms with Crippen molar-refractivity contribution in [1.82, 2.24) is 24.6 Å². The number of carbonyl (C=O) groups is 2. The van der Waals surface area contributed by atoms with Crippen molar-refractivity contribution in [2.45, 2.75) is 0 Å². The molecule has 23 heavy (non-hydrogen) atoms. The van der Waals surface area contributed by atoms with E-state index in [9.17, 15) is 19.8 Å². The third-order valence-corrected chi connectivity index (χ3v) is 2.02. The molecule has 0 aromatic heterocycles. The molecule has 9 heteroatoms. The van der Waals surface area contributed by atoms with Crippen LogP contribution < -0.4 is 34.8 Å². The molecule has 0 fully saturated rings. The van der Waals surface area contributed by atoms with Crippen LogP contribution in [-0.4, -0.2) is 11.9 Å². The Morgan fingerprint density at radius 2 is 0.783 bits per heavy atom. The quantitative estimate of drug-likeness (QED) is 0.546. The van der Waals surface area contributed by atoms with Gasteiger partial charge in [-0.05, 0) is 11.1 Å². The van der Waals surface area contributed by atoms with E-state index in [0.29, 0.717) is 0 Å². The molecule has 0 amide bonds. The fourth-order valence-corrected chi connectivity index (χ4v) is 1.15. The van der Waals surface area contributed by atoms with Crippen LogP contribution in [0.1, 0.15) is 20.7 Å². The summed E-state index contributed by atoms with van der Waals surface area (Å²) in [6.07, 6.45) is 0. The van der Waals surface area contributed by atoms with Crippen molar-refractivity contribution in [3.05, 3.63) is 71.8 Å². The molecule has 0 atom stereocenters. The number of benzene rings is 2. The van der Waals surface area contributed by atoms with Crippen molar-refractivity contribution in [2.75, 3.05) is 0 Å². The predicted octanol–water partition coefficient (Wildman–Crippen LogP) is 0.746. The smallest absolute Gasteiger partial charge is 0.545 e. The van der Waals surface area contributed by atoms with Crippen molar-refractivity contribution >= 4 is 11.9 Å². The molecule has 0 aliphatic heterocycles. The predicted molar refractivity (Wildman–Crippen MR) is 81.6 cm³/mol. The maximum Gasteiger partial charge on any atom is 2.00 e. The molecule has 124 valence electrons. The topological polar surface area (TPSA) is 220 Å². The standard InChI is InChI=1S/2C7H6O2.4H3N.Zn/c2*8-7(9)6-4-2-1-3-5-6;;;;;/h2*1-5H,(H,8,9);4*1H3;/q;;;;;;+2/p-2. The van der Waals surface area contributed by atoms with Gasteiger partial charge in [-0.25, -0.2) is 0 Å². The van der Waals surface area contributed by atoms with Crippen LogP contribution in [0.25, 0.3) is 0 Å². The molecule has 0 aliphatic rings. The number of rotatable bonds is 2. The van der Waals surface area contributed by atoms with Gasteiger partial charge >= 0.3 is 19.5 Å². The maximum absolute atomic E-state index is 10.1. The zero-order valence-corrected chi connectivity index (χ0v) is 15.9. The normalized spacial score (nSPS) is 6.96. The van der Waals surface area contributed by atoms with Crippen molar-refractivity contribution in [2.24, 2.45) is 0 Å². The first-order valence-electron chi connectivity index (χ1n) is 5.14. The van der Waals surface area contributed by atoms with E-state index in [1.165, 1.54) is 24.3 Å². The van der Waals surface area contributed by atoms with E-state index in [4.69, 9.17) is 0 Å². The van der Waals surface area contributed by atoms with Gasteiger partial charge in [-0.15, -0.1) is 0 Å². The van der Waals surface area contributed by atoms with Crippen LogP contribution in [0.5, 0.6) is 0 Å². The van der Waals surface area contributed by atoms with Crippen LogP contribution >= 0.6 is 0 Å². The van der Waals surface area contributed by atoms with Gasteiger partial charge in [-0.2, -0.15) is 0 Å². The molecule has 0 bridgehead atoms. The molecular formula is C14H22N4O4Zn. The van der Waals surface area contributed by atoms with Gasteiger partial charge in [0.15, 0.2) is 0 Å². The minimum atomic E-state index is -1.13. The van der Waals surface area contributed by atoms with Crippen LogP contribution in [-0.2, 0) is 19.5 Å². The van der Waals surface area contributed by atoms with Crippen LogP contribution in [0.3, 0.4) is 0 Å². The Morgan fingerprint density at radius 3 is 0.913 bits per heavy atom. The summed E-state index contributed by atoms with van der Waals surface area (Å²) in [5.74, 6) is -2.26. The first-order valence-corrected chi connectivity index (χ1v) is 5.14. The number of aromatic carboxylic acids is 2. The van der Waals surface area contributed by atoms with Crippen molar-refractivity contribution in [1.29, 1.82) is 0 Å². The van der Waals surface area contributed by atoms with E-state index in [1.54, 1.807) is 36.4 Å². The molecule has 12 N–H and O–H groups in total. The van der Waals surface area contributed by atoms with Crippen LogP contribution in [0, 0.1) is 0 Å². The minimum Gasteiger partial charge on any atom is -0.545 e. The van der Waals surface area contributed by atoms with E-state index < -0.39 is 11.9 Å². The first kappa shape index (κ1) is 32.7. The Bertz CT molecular complexity index is 477. The first-order chi connectivity index (χ1) is 8.61. The molecule has 0 aliphatic carbocycles. The van der Waals surface area contributed by atoms with Gasteiger partial charge < -0.3 is 44.4 Å². The van der Waals surface area contributed by atoms with Gasteiger partial charge in [-0.1, -0.05) is 60.7 Å². The number of carboxylic acid groups (broad SMARTS) is 2. The van der Waals surface area contributed by atoms with Crippen molar-refractivity contribution in [3.8, 4) is 0 Å². The van der Waals surface area contributed by atoms with Gasteiger partial charge in [0.1, 0.15) is 0 Å². The molecule has 0 saturated carbocycles. The molecule has 2 aromatic rings. The molecule has 0 radical (unpaired) electrons. The van der Waals surface area contributed by atoms with E-state index in [-0.39, 0.29) is 55.2 Å². The summed E-state index contributed by atoms with van der Waals surface area (Å²) in [4.78, 5) is 20.2. The van der Waals surface area contributed by atoms with E-state index in [1.807, 2.05) is 0 Å². The minimum absolute atomic E-state index is 0. The zero-order chi connectivity index (χ0) is 13.4. The third kappa shape index (κ3) is 13.2. The van der Waals surface area contributed by atoms with Crippen molar-refractivity contribution < 1.29 is 39.3 Å². The second-order valence-electron chi connectivity index (χ2n) is 3.31. The fourth-order valence-electron chi connectivity index (χ4n) is 1.15. The van der Waals surface area contributed by atoms with E-state index in [2.05, 4.69) is 0 Å². The fraction of sp³-hybridized carbons (Fsp3) is 0. The van der Waals surface area contributed by atoms with Gasteiger partial charge in [0.2, 0.25) is 0 Å². The summed E-state index contributed by atoms with van der Waals surface area (Å²) >= 11 is 0. The largest absolute Gasteiger partial charge is 2.00 e. The summed E-state index contributed by atoms with van der Waals surface area (Å²) in [7, 11) is 0. The SMILES string of the molecule is N.N.N.N.O=C([O-])c1ccccc1.O=C([O-])c1ccccc1.[Zn+2]. The summed E-state index contributed by atoms with van der Waals surface area (Å²) in [6, 6.07) is 16.1. The molecule has 8 nitrogen and oxygen atoms in total. The second-order valence-corrected chi connectivity index (χ2v) is 3.31. The van der Waals surface area contributed by atoms with Gasteiger partial charge in [0.05, 0.1) is 11.9 Å². The molecule has 0 unspecified atom stereocenters. The van der Waals surface area contributed by atoms with E-state index >= 15 is 0 Å². The molecule has 0 saturated heterocycles. The number of hydrogen-bond donors (Lipinski definition) is 4. The van der Waals surface area contributed by atoms with E-state index in [0.717, 1.165) is 0 Å². The Hall–Kier alpha value is -2.16. The van der Waals surface area contributed by atoms with Crippen LogP contribution in [0.15, 0.2) is 60.7 Å². The molecular weight excluding hydrogens is 354 g/mol. The summed E-state index contributed by atoms with van der Waals surface area (Å²) < 4.78 is 0. The van der Waals surface area contributed by atoms with Crippen LogP contribution in [0.4, 0.5) is 0 Å². The summed E-state index contributed by atoms with van der Waals surface area (Å²) in [5, 5.41) is 20.2. The Balaban J connectivity index is -0.0000000771. The maximum atomic E-state index is 10.1. The third-order valence-electron chi connectivity index (χ3n) is 2.02. The van der Waals surface area contributed by atoms with Gasteiger partial charge in [0, 0.05) is 0 Å². The average molecular weight is 376 g/mol. The molecule has 0 heterocycles. The number of carboxylic acids is 2. The van der Waals surface area contributed by atoms with Gasteiger partial charge in [0.25, 0.3) is 0 Å². The molecule has 2 rings (SSSR count). The van der Waals surface area contributed by atoms with Crippen LogP contribution in [0.2, 0.25) is 0 Å². The van der Waals surface area contributed by atoms with Crippen molar-refractivity contribution in [3.63, 3.8) is 0 Å². The Labute approximate surface area is 148 Å². The number of hydrogen-bond acceptors (Lipinski definition) is 8. The number of carbonyl (C=O) groups excluding carboxylic acids is 2. The monoisotopic (exact) mass is 374 g/mol. The summed E-state index contributed by atoms with van der Waals surface area (Å²) in [6.45, 7) is 0. The second kappa shape index (κ2) is 17.9. The van der Waals surface area contributed by atoms with Gasteiger partial charge in [-0.3, -0.25) is 0 Å². The average Bonchev–Trinajstić information content (AvgIpc) is 2.41. The summed E-state index contributed by atoms with van der Waals surface area (Å²) in [5.41, 5.74) is 0.440. The Kier molecular flexibility index (Phi) is 25.4. The molecule has 0 spiro atoms. The Morgan fingerprint density at radius 1 is 0.565 bits per heavy atom. The molecule has 2 aromatic carbocycles.